The van der Waals surface area contributed by atoms with Crippen LogP contribution in [0.15, 0.2) is 18.2 Å². The second kappa shape index (κ2) is 9.37. The highest BCUT2D eigenvalue weighted by Crippen LogP contribution is 2.29. The lowest BCUT2D eigenvalue weighted by molar-refractivity contribution is 0.0648. The number of piperazine rings is 1. The maximum absolute atomic E-state index is 12.8. The minimum absolute atomic E-state index is 0.0477. The summed E-state index contributed by atoms with van der Waals surface area (Å²) in [5, 5.41) is 8.94. The molecule has 0 radical (unpaired) electrons. The first kappa shape index (κ1) is 21.9. The van der Waals surface area contributed by atoms with E-state index in [0.717, 1.165) is 64.1 Å². The predicted octanol–water partition coefficient (Wildman–Crippen LogP) is 2.36. The van der Waals surface area contributed by atoms with Crippen molar-refractivity contribution in [2.24, 2.45) is 0 Å². The molecule has 1 saturated heterocycles. The lowest BCUT2D eigenvalue weighted by Crippen LogP contribution is -2.46. The summed E-state index contributed by atoms with van der Waals surface area (Å²) in [6.07, 6.45) is 2.66. The first-order chi connectivity index (χ1) is 13.8. The highest BCUT2D eigenvalue weighted by atomic mass is 16.3. The van der Waals surface area contributed by atoms with Crippen LogP contribution in [0.3, 0.4) is 0 Å². The minimum atomic E-state index is -0.150. The Kier molecular flexibility index (Phi) is 7.09. The van der Waals surface area contributed by atoms with Crippen molar-refractivity contribution in [1.29, 1.82) is 0 Å². The number of carbonyl (C=O) groups is 2. The molecule has 3 rings (SSSR count). The van der Waals surface area contributed by atoms with E-state index in [0.29, 0.717) is 17.7 Å². The molecule has 2 aliphatic heterocycles. The topological polar surface area (TPSA) is 64.1 Å². The summed E-state index contributed by atoms with van der Waals surface area (Å²) in [5.74, 6) is -0.295. The number of carbonyl (C=O) groups excluding carboxylic acids is 2. The van der Waals surface area contributed by atoms with E-state index in [9.17, 15) is 9.59 Å². The summed E-state index contributed by atoms with van der Waals surface area (Å²) in [6.45, 7) is 13.3. The Morgan fingerprint density at radius 3 is 1.97 bits per heavy atom. The molecule has 0 unspecified atom stereocenters. The van der Waals surface area contributed by atoms with E-state index in [1.165, 1.54) is 4.90 Å². The normalized spacial score (nSPS) is 18.6. The number of amides is 2. The third-order valence-corrected chi connectivity index (χ3v) is 6.04. The zero-order chi connectivity index (χ0) is 21.0. The Morgan fingerprint density at radius 1 is 0.828 bits per heavy atom. The van der Waals surface area contributed by atoms with Crippen LogP contribution in [0.25, 0.3) is 0 Å². The van der Waals surface area contributed by atoms with Crippen molar-refractivity contribution < 1.29 is 14.7 Å². The highest BCUT2D eigenvalue weighted by Gasteiger charge is 2.35. The monoisotopic (exact) mass is 401 g/mol. The molecular weight excluding hydrogens is 366 g/mol. The van der Waals surface area contributed by atoms with Crippen LogP contribution >= 0.6 is 0 Å². The number of aliphatic hydroxyl groups excluding tert-OH is 1. The van der Waals surface area contributed by atoms with E-state index in [1.54, 1.807) is 0 Å². The number of aliphatic hydroxyl groups is 1. The van der Waals surface area contributed by atoms with Crippen molar-refractivity contribution in [1.82, 2.24) is 14.7 Å². The maximum Gasteiger partial charge on any atom is 0.261 e. The van der Waals surface area contributed by atoms with Gasteiger partial charge >= 0.3 is 0 Å². The molecule has 2 amide bonds. The van der Waals surface area contributed by atoms with Gasteiger partial charge in [-0.05, 0) is 48.9 Å². The zero-order valence-corrected chi connectivity index (χ0v) is 18.1. The molecule has 0 atom stereocenters. The summed E-state index contributed by atoms with van der Waals surface area (Å²) in [4.78, 5) is 31.7. The van der Waals surface area contributed by atoms with Crippen molar-refractivity contribution in [3.63, 3.8) is 0 Å². The molecule has 1 fully saturated rings. The molecule has 0 aliphatic carbocycles. The van der Waals surface area contributed by atoms with E-state index in [-0.39, 0.29) is 23.8 Å². The Morgan fingerprint density at radius 2 is 1.38 bits per heavy atom. The summed E-state index contributed by atoms with van der Waals surface area (Å²) in [7, 11) is 0. The molecule has 1 N–H and O–H groups in total. The van der Waals surface area contributed by atoms with Crippen molar-refractivity contribution in [2.75, 3.05) is 52.4 Å². The van der Waals surface area contributed by atoms with Crippen LogP contribution in [0.4, 0.5) is 0 Å². The number of unbranched alkanes of at least 4 members (excludes halogenated alkanes) is 1. The van der Waals surface area contributed by atoms with Gasteiger partial charge in [0.15, 0.2) is 0 Å². The van der Waals surface area contributed by atoms with Gasteiger partial charge in [0, 0.05) is 45.9 Å². The van der Waals surface area contributed by atoms with E-state index in [2.05, 4.69) is 30.6 Å². The van der Waals surface area contributed by atoms with E-state index in [1.807, 2.05) is 18.2 Å². The number of hydrogen-bond donors (Lipinski definition) is 1. The fraction of sp³-hybridized carbons (Fsp3) is 0.652. The van der Waals surface area contributed by atoms with Crippen LogP contribution in [0.2, 0.25) is 0 Å². The Bertz CT molecular complexity index is 733. The van der Waals surface area contributed by atoms with Gasteiger partial charge in [-0.1, -0.05) is 26.8 Å². The van der Waals surface area contributed by atoms with Crippen molar-refractivity contribution in [3.05, 3.63) is 34.9 Å². The van der Waals surface area contributed by atoms with Crippen LogP contribution in [0.1, 0.15) is 66.3 Å². The first-order valence-corrected chi connectivity index (χ1v) is 10.9. The molecule has 0 spiro atoms. The molecule has 0 saturated carbocycles. The second-order valence-electron chi connectivity index (χ2n) is 9.24. The molecule has 2 heterocycles. The standard InChI is InChI=1S/C23H35N3O3/c1-23(2,3)18-7-8-19-20(17-18)22(29)26(21(19)28)11-5-4-9-24-12-14-25(15-13-24)10-6-16-27/h7-8,17,27H,4-6,9-16H2,1-3H3. The Labute approximate surface area is 174 Å². The van der Waals surface area contributed by atoms with E-state index < -0.39 is 0 Å². The summed E-state index contributed by atoms with van der Waals surface area (Å²) in [6, 6.07) is 5.67. The molecule has 2 aliphatic rings. The second-order valence-corrected chi connectivity index (χ2v) is 9.24. The van der Waals surface area contributed by atoms with Gasteiger partial charge in [0.1, 0.15) is 0 Å². The van der Waals surface area contributed by atoms with Crippen LogP contribution < -0.4 is 0 Å². The summed E-state index contributed by atoms with van der Waals surface area (Å²) in [5.41, 5.74) is 2.13. The average molecular weight is 402 g/mol. The van der Waals surface area contributed by atoms with Gasteiger partial charge in [-0.15, -0.1) is 0 Å². The van der Waals surface area contributed by atoms with Crippen molar-refractivity contribution >= 4 is 11.8 Å². The third-order valence-electron chi connectivity index (χ3n) is 6.04. The molecule has 0 bridgehead atoms. The Hall–Kier alpha value is -1.76. The highest BCUT2D eigenvalue weighted by molar-refractivity contribution is 6.21. The number of benzene rings is 1. The minimum Gasteiger partial charge on any atom is -0.396 e. The molecule has 29 heavy (non-hydrogen) atoms. The van der Waals surface area contributed by atoms with E-state index in [4.69, 9.17) is 5.11 Å². The Balaban J connectivity index is 1.45. The first-order valence-electron chi connectivity index (χ1n) is 10.9. The zero-order valence-electron chi connectivity index (χ0n) is 18.1. The molecule has 0 aromatic heterocycles. The quantitative estimate of drug-likeness (QED) is 0.535. The average Bonchev–Trinajstić information content (AvgIpc) is 2.94. The number of hydrogen-bond acceptors (Lipinski definition) is 5. The van der Waals surface area contributed by atoms with Gasteiger partial charge in [0.05, 0.1) is 11.1 Å². The van der Waals surface area contributed by atoms with Gasteiger partial charge < -0.3 is 14.9 Å². The smallest absolute Gasteiger partial charge is 0.261 e. The van der Waals surface area contributed by atoms with Crippen LogP contribution in [0, 0.1) is 0 Å². The van der Waals surface area contributed by atoms with Crippen molar-refractivity contribution in [2.45, 2.75) is 45.4 Å². The summed E-state index contributed by atoms with van der Waals surface area (Å²) < 4.78 is 0. The fourth-order valence-electron chi connectivity index (χ4n) is 4.10. The van der Waals surface area contributed by atoms with Gasteiger partial charge in [-0.2, -0.15) is 0 Å². The van der Waals surface area contributed by atoms with Crippen LogP contribution in [-0.4, -0.2) is 84.0 Å². The lowest BCUT2D eigenvalue weighted by atomic mass is 9.85. The number of nitrogens with zero attached hydrogens (tertiary/aromatic N) is 3. The fourth-order valence-corrected chi connectivity index (χ4v) is 4.10. The summed E-state index contributed by atoms with van der Waals surface area (Å²) >= 11 is 0. The molecule has 1 aromatic rings. The number of imide groups is 1. The van der Waals surface area contributed by atoms with Crippen molar-refractivity contribution in [3.8, 4) is 0 Å². The van der Waals surface area contributed by atoms with Crippen LogP contribution in [-0.2, 0) is 5.41 Å². The van der Waals surface area contributed by atoms with Crippen LogP contribution in [0.5, 0.6) is 0 Å². The number of fused-ring (bicyclic) bond motifs is 1. The van der Waals surface area contributed by atoms with Gasteiger partial charge in [0.2, 0.25) is 0 Å². The lowest BCUT2D eigenvalue weighted by Gasteiger charge is -2.34. The molecule has 6 nitrogen and oxygen atoms in total. The molecule has 160 valence electrons. The largest absolute Gasteiger partial charge is 0.396 e. The predicted molar refractivity (Wildman–Crippen MR) is 114 cm³/mol. The van der Waals surface area contributed by atoms with Gasteiger partial charge in [-0.3, -0.25) is 14.5 Å². The molecule has 1 aromatic carbocycles. The maximum atomic E-state index is 12.8. The van der Waals surface area contributed by atoms with Gasteiger partial charge in [0.25, 0.3) is 11.8 Å². The third kappa shape index (κ3) is 5.24. The SMILES string of the molecule is CC(C)(C)c1ccc2c(c1)C(=O)N(CCCCN1CCN(CCCO)CC1)C2=O. The van der Waals surface area contributed by atoms with E-state index >= 15 is 0 Å². The number of rotatable bonds is 8. The van der Waals surface area contributed by atoms with Gasteiger partial charge in [-0.25, -0.2) is 0 Å². The molecular formula is C23H35N3O3. The molecule has 6 heteroatoms.